The van der Waals surface area contributed by atoms with Crippen LogP contribution in [0.4, 0.5) is 5.82 Å². The molecular weight excluding hydrogens is 188 g/mol. The molecule has 2 rings (SSSR count). The van der Waals surface area contributed by atoms with Crippen LogP contribution in [0.5, 0.6) is 0 Å². The molecule has 4 nitrogen and oxygen atoms in total. The molecule has 4 heteroatoms. The molecule has 0 radical (unpaired) electrons. The Hall–Kier alpha value is -1.63. The normalized spacial score (nSPS) is 15.5. The van der Waals surface area contributed by atoms with Crippen LogP contribution in [0.2, 0.25) is 0 Å². The van der Waals surface area contributed by atoms with Crippen LogP contribution in [-0.2, 0) is 0 Å². The molecule has 1 aromatic rings. The second-order valence-electron chi connectivity index (χ2n) is 3.98. The summed E-state index contributed by atoms with van der Waals surface area (Å²) in [5.41, 5.74) is 0.429. The highest BCUT2D eigenvalue weighted by Crippen LogP contribution is 2.26. The minimum atomic E-state index is 0.429. The molecule has 1 aromatic heterocycles. The van der Waals surface area contributed by atoms with Crippen molar-refractivity contribution in [2.24, 2.45) is 5.92 Å². The van der Waals surface area contributed by atoms with Crippen molar-refractivity contribution < 1.29 is 0 Å². The number of nitrogens with one attached hydrogen (secondary N) is 1. The van der Waals surface area contributed by atoms with E-state index in [2.05, 4.69) is 15.3 Å². The van der Waals surface area contributed by atoms with Crippen molar-refractivity contribution in [1.29, 1.82) is 5.26 Å². The van der Waals surface area contributed by atoms with E-state index in [1.54, 1.807) is 13.0 Å². The molecule has 1 N–H and O–H groups in total. The molecule has 1 fully saturated rings. The third-order valence-electron chi connectivity index (χ3n) is 2.75. The first-order valence-electron chi connectivity index (χ1n) is 5.27. The molecule has 15 heavy (non-hydrogen) atoms. The van der Waals surface area contributed by atoms with Gasteiger partial charge in [-0.25, -0.2) is 9.97 Å². The molecule has 0 saturated heterocycles. The monoisotopic (exact) mass is 202 g/mol. The van der Waals surface area contributed by atoms with Crippen molar-refractivity contribution in [3.05, 3.63) is 17.6 Å². The Morgan fingerprint density at radius 1 is 1.53 bits per heavy atom. The zero-order valence-electron chi connectivity index (χ0n) is 8.82. The Bertz CT molecular complexity index is 390. The topological polar surface area (TPSA) is 61.6 Å². The van der Waals surface area contributed by atoms with Crippen LogP contribution in [0, 0.1) is 24.2 Å². The first-order chi connectivity index (χ1) is 7.28. The van der Waals surface area contributed by atoms with Crippen LogP contribution < -0.4 is 5.32 Å². The zero-order valence-corrected chi connectivity index (χ0v) is 8.82. The van der Waals surface area contributed by atoms with E-state index in [4.69, 9.17) is 5.26 Å². The average molecular weight is 202 g/mol. The second-order valence-corrected chi connectivity index (χ2v) is 3.98. The molecule has 1 aliphatic carbocycles. The summed E-state index contributed by atoms with van der Waals surface area (Å²) in [6.45, 7) is 2.76. The van der Waals surface area contributed by atoms with Crippen molar-refractivity contribution in [1.82, 2.24) is 9.97 Å². The van der Waals surface area contributed by atoms with E-state index in [9.17, 15) is 0 Å². The molecule has 1 aliphatic rings. The first kappa shape index (κ1) is 9.91. The Balaban J connectivity index is 2.00. The van der Waals surface area contributed by atoms with Crippen molar-refractivity contribution in [3.63, 3.8) is 0 Å². The summed E-state index contributed by atoms with van der Waals surface area (Å²) >= 11 is 0. The summed E-state index contributed by atoms with van der Waals surface area (Å²) in [6, 6.07) is 3.73. The van der Waals surface area contributed by atoms with E-state index in [-0.39, 0.29) is 0 Å². The van der Waals surface area contributed by atoms with Gasteiger partial charge in [-0.15, -0.1) is 0 Å². The van der Waals surface area contributed by atoms with Gasteiger partial charge < -0.3 is 5.32 Å². The minimum absolute atomic E-state index is 0.429. The number of hydrogen-bond donors (Lipinski definition) is 1. The third kappa shape index (κ3) is 2.44. The van der Waals surface area contributed by atoms with Crippen LogP contribution in [0.3, 0.4) is 0 Å². The zero-order chi connectivity index (χ0) is 10.7. The SMILES string of the molecule is Cc1nc(C#N)cc(NCC2CCC2)n1. The van der Waals surface area contributed by atoms with E-state index >= 15 is 0 Å². The van der Waals surface area contributed by atoms with Crippen LogP contribution in [0.1, 0.15) is 30.8 Å². The summed E-state index contributed by atoms with van der Waals surface area (Å²) in [4.78, 5) is 8.24. The molecule has 1 heterocycles. The van der Waals surface area contributed by atoms with Crippen molar-refractivity contribution in [2.75, 3.05) is 11.9 Å². The van der Waals surface area contributed by atoms with E-state index in [1.807, 2.05) is 6.07 Å². The average Bonchev–Trinajstić information content (AvgIpc) is 2.14. The van der Waals surface area contributed by atoms with E-state index in [1.165, 1.54) is 19.3 Å². The Kier molecular flexibility index (Phi) is 2.82. The van der Waals surface area contributed by atoms with Gasteiger partial charge in [-0.2, -0.15) is 5.26 Å². The van der Waals surface area contributed by atoms with Gasteiger partial charge in [0.15, 0.2) is 0 Å². The fourth-order valence-corrected chi connectivity index (χ4v) is 1.66. The standard InChI is InChI=1S/C11H14N4/c1-8-14-10(6-12)5-11(15-8)13-7-9-3-2-4-9/h5,9H,2-4,7H2,1H3,(H,13,14,15). The van der Waals surface area contributed by atoms with Gasteiger partial charge in [0.1, 0.15) is 23.4 Å². The summed E-state index contributed by atoms with van der Waals surface area (Å²) < 4.78 is 0. The number of nitrogens with zero attached hydrogens (tertiary/aromatic N) is 3. The van der Waals surface area contributed by atoms with Gasteiger partial charge in [-0.05, 0) is 25.7 Å². The van der Waals surface area contributed by atoms with Gasteiger partial charge in [0, 0.05) is 12.6 Å². The summed E-state index contributed by atoms with van der Waals surface area (Å²) in [6.07, 6.45) is 3.96. The van der Waals surface area contributed by atoms with Crippen LogP contribution in [-0.4, -0.2) is 16.5 Å². The van der Waals surface area contributed by atoms with Crippen molar-refractivity contribution >= 4 is 5.82 Å². The Morgan fingerprint density at radius 2 is 2.33 bits per heavy atom. The first-order valence-corrected chi connectivity index (χ1v) is 5.27. The highest BCUT2D eigenvalue weighted by molar-refractivity contribution is 5.39. The maximum absolute atomic E-state index is 8.75. The van der Waals surface area contributed by atoms with Gasteiger partial charge >= 0.3 is 0 Å². The maximum atomic E-state index is 8.75. The van der Waals surface area contributed by atoms with E-state index in [0.717, 1.165) is 18.3 Å². The second kappa shape index (κ2) is 4.26. The highest BCUT2D eigenvalue weighted by atomic mass is 15.0. The summed E-state index contributed by atoms with van der Waals surface area (Å²) in [7, 11) is 0. The number of aromatic nitrogens is 2. The lowest BCUT2D eigenvalue weighted by Gasteiger charge is -2.25. The molecule has 0 spiro atoms. The number of nitriles is 1. The molecule has 0 unspecified atom stereocenters. The summed E-state index contributed by atoms with van der Waals surface area (Å²) in [5.74, 6) is 2.20. The molecule has 0 amide bonds. The van der Waals surface area contributed by atoms with E-state index < -0.39 is 0 Å². The fraction of sp³-hybridized carbons (Fsp3) is 0.545. The number of hydrogen-bond acceptors (Lipinski definition) is 4. The van der Waals surface area contributed by atoms with Gasteiger partial charge in [0.2, 0.25) is 0 Å². The van der Waals surface area contributed by atoms with Crippen molar-refractivity contribution in [2.45, 2.75) is 26.2 Å². The van der Waals surface area contributed by atoms with Crippen molar-refractivity contribution in [3.8, 4) is 6.07 Å². The van der Waals surface area contributed by atoms with Gasteiger partial charge in [-0.3, -0.25) is 0 Å². The van der Waals surface area contributed by atoms with Gasteiger partial charge in [0.25, 0.3) is 0 Å². The molecular formula is C11H14N4. The fourth-order valence-electron chi connectivity index (χ4n) is 1.66. The van der Waals surface area contributed by atoms with Crippen LogP contribution >= 0.6 is 0 Å². The lowest BCUT2D eigenvalue weighted by Crippen LogP contribution is -2.21. The number of anilines is 1. The molecule has 78 valence electrons. The Morgan fingerprint density at radius 3 is 2.93 bits per heavy atom. The number of aryl methyl sites for hydroxylation is 1. The largest absolute Gasteiger partial charge is 0.370 e. The third-order valence-corrected chi connectivity index (χ3v) is 2.75. The predicted octanol–water partition coefficient (Wildman–Crippen LogP) is 1.87. The van der Waals surface area contributed by atoms with E-state index in [0.29, 0.717) is 11.5 Å². The quantitative estimate of drug-likeness (QED) is 0.812. The predicted molar refractivity (Wildman–Crippen MR) is 57.3 cm³/mol. The minimum Gasteiger partial charge on any atom is -0.370 e. The lowest BCUT2D eigenvalue weighted by molar-refractivity contribution is 0.333. The Labute approximate surface area is 89.4 Å². The molecule has 0 aliphatic heterocycles. The van der Waals surface area contributed by atoms with Crippen LogP contribution in [0.15, 0.2) is 6.07 Å². The highest BCUT2D eigenvalue weighted by Gasteiger charge is 2.16. The van der Waals surface area contributed by atoms with Gasteiger partial charge in [0.05, 0.1) is 0 Å². The smallest absolute Gasteiger partial charge is 0.146 e. The molecule has 0 atom stereocenters. The number of rotatable bonds is 3. The maximum Gasteiger partial charge on any atom is 0.146 e. The van der Waals surface area contributed by atoms with Gasteiger partial charge in [-0.1, -0.05) is 6.42 Å². The summed E-state index contributed by atoms with van der Waals surface area (Å²) in [5, 5.41) is 12.0. The van der Waals surface area contributed by atoms with Crippen LogP contribution in [0.25, 0.3) is 0 Å². The lowest BCUT2D eigenvalue weighted by atomic mass is 9.85. The molecule has 0 bridgehead atoms. The molecule has 0 aromatic carbocycles. The molecule has 1 saturated carbocycles.